The van der Waals surface area contributed by atoms with Crippen LogP contribution in [0.1, 0.15) is 41.2 Å². The minimum Gasteiger partial charge on any atom is -0.282 e. The maximum absolute atomic E-state index is 13.8. The van der Waals surface area contributed by atoms with E-state index in [2.05, 4.69) is 18.9 Å². The summed E-state index contributed by atoms with van der Waals surface area (Å²) in [5.41, 5.74) is 4.47. The van der Waals surface area contributed by atoms with Crippen LogP contribution in [0.2, 0.25) is 5.02 Å². The van der Waals surface area contributed by atoms with Crippen LogP contribution in [-0.2, 0) is 6.54 Å². The molecule has 0 saturated carbocycles. The minimum atomic E-state index is -0.0643. The van der Waals surface area contributed by atoms with Crippen molar-refractivity contribution in [1.82, 2.24) is 14.8 Å². The van der Waals surface area contributed by atoms with Crippen LogP contribution in [-0.4, -0.2) is 32.5 Å². The van der Waals surface area contributed by atoms with E-state index in [0.717, 1.165) is 32.1 Å². The summed E-state index contributed by atoms with van der Waals surface area (Å²) in [6.45, 7) is 11.3. The van der Waals surface area contributed by atoms with Gasteiger partial charge >= 0.3 is 0 Å². The highest BCUT2D eigenvalue weighted by Gasteiger charge is 2.23. The zero-order valence-electron chi connectivity index (χ0n) is 19.4. The van der Waals surface area contributed by atoms with Crippen molar-refractivity contribution >= 4 is 56.0 Å². The molecular formula is C25H27ClN4OS2. The number of hydrogen-bond donors (Lipinski definition) is 0. The normalized spacial score (nSPS) is 11.5. The van der Waals surface area contributed by atoms with E-state index in [-0.39, 0.29) is 5.91 Å². The van der Waals surface area contributed by atoms with Crippen molar-refractivity contribution in [1.29, 1.82) is 0 Å². The Morgan fingerprint density at radius 2 is 1.97 bits per heavy atom. The number of carbonyl (C=O) groups is 1. The SMILES string of the molecule is Cc1cc(C)n(CCN(C(=O)c2cccc(SC(C)C)c2)c2nc3c(C)c(Cl)ccc3s2)n1. The van der Waals surface area contributed by atoms with Crippen LogP contribution in [0.3, 0.4) is 0 Å². The summed E-state index contributed by atoms with van der Waals surface area (Å²) in [7, 11) is 0. The number of nitrogens with zero attached hydrogens (tertiary/aromatic N) is 4. The first-order chi connectivity index (χ1) is 15.7. The molecule has 0 aliphatic carbocycles. The van der Waals surface area contributed by atoms with Gasteiger partial charge in [-0.2, -0.15) is 5.10 Å². The fourth-order valence-corrected chi connectivity index (χ4v) is 5.81. The van der Waals surface area contributed by atoms with Crippen molar-refractivity contribution in [3.05, 3.63) is 70.0 Å². The van der Waals surface area contributed by atoms with Gasteiger partial charge in [-0.15, -0.1) is 11.8 Å². The van der Waals surface area contributed by atoms with Gasteiger partial charge in [-0.3, -0.25) is 14.4 Å². The number of benzene rings is 2. The monoisotopic (exact) mass is 498 g/mol. The number of hydrogen-bond acceptors (Lipinski definition) is 5. The number of amides is 1. The Balaban J connectivity index is 1.72. The number of halogens is 1. The molecule has 172 valence electrons. The molecule has 0 N–H and O–H groups in total. The maximum atomic E-state index is 13.8. The lowest BCUT2D eigenvalue weighted by Gasteiger charge is -2.21. The highest BCUT2D eigenvalue weighted by atomic mass is 35.5. The zero-order valence-corrected chi connectivity index (χ0v) is 21.8. The van der Waals surface area contributed by atoms with E-state index in [1.165, 1.54) is 11.3 Å². The van der Waals surface area contributed by atoms with E-state index < -0.39 is 0 Å². The van der Waals surface area contributed by atoms with Crippen molar-refractivity contribution in [2.24, 2.45) is 0 Å². The Hall–Kier alpha value is -2.35. The molecule has 4 aromatic rings. The van der Waals surface area contributed by atoms with Gasteiger partial charge < -0.3 is 0 Å². The molecule has 2 aromatic heterocycles. The van der Waals surface area contributed by atoms with Gasteiger partial charge in [0.1, 0.15) is 0 Å². The Morgan fingerprint density at radius 1 is 1.18 bits per heavy atom. The van der Waals surface area contributed by atoms with Gasteiger partial charge in [0.15, 0.2) is 5.13 Å². The van der Waals surface area contributed by atoms with Gasteiger partial charge in [0.2, 0.25) is 0 Å². The predicted molar refractivity (Wildman–Crippen MR) is 140 cm³/mol. The largest absolute Gasteiger partial charge is 0.282 e. The molecule has 0 aliphatic heterocycles. The number of thiazole rings is 1. The van der Waals surface area contributed by atoms with Crippen LogP contribution in [0, 0.1) is 20.8 Å². The van der Waals surface area contributed by atoms with Gasteiger partial charge in [-0.25, -0.2) is 4.98 Å². The highest BCUT2D eigenvalue weighted by Crippen LogP contribution is 2.34. The number of anilines is 1. The maximum Gasteiger partial charge on any atom is 0.260 e. The second kappa shape index (κ2) is 9.87. The molecule has 0 unspecified atom stereocenters. The predicted octanol–water partition coefficient (Wildman–Crippen LogP) is 6.92. The average Bonchev–Trinajstić information content (AvgIpc) is 3.33. The van der Waals surface area contributed by atoms with Gasteiger partial charge in [0, 0.05) is 33.0 Å². The Kier molecular flexibility index (Phi) is 7.12. The summed E-state index contributed by atoms with van der Waals surface area (Å²) in [5, 5.41) is 6.35. The quantitative estimate of drug-likeness (QED) is 0.259. The molecule has 5 nitrogen and oxygen atoms in total. The summed E-state index contributed by atoms with van der Waals surface area (Å²) < 4.78 is 2.95. The number of carbonyl (C=O) groups excluding carboxylic acids is 1. The van der Waals surface area contributed by atoms with Gasteiger partial charge in [-0.05, 0) is 62.7 Å². The minimum absolute atomic E-state index is 0.0643. The molecular weight excluding hydrogens is 472 g/mol. The second-order valence-corrected chi connectivity index (χ2v) is 11.4. The molecule has 1 amide bonds. The first-order valence-electron chi connectivity index (χ1n) is 10.9. The third kappa shape index (κ3) is 5.26. The molecule has 0 bridgehead atoms. The number of aryl methyl sites for hydroxylation is 3. The third-order valence-corrected chi connectivity index (χ3v) is 7.75. The second-order valence-electron chi connectivity index (χ2n) is 8.32. The number of rotatable bonds is 7. The van der Waals surface area contributed by atoms with Crippen molar-refractivity contribution < 1.29 is 4.79 Å². The van der Waals surface area contributed by atoms with E-state index in [1.54, 1.807) is 16.7 Å². The summed E-state index contributed by atoms with van der Waals surface area (Å²) in [4.78, 5) is 21.4. The van der Waals surface area contributed by atoms with Gasteiger partial charge in [0.05, 0.1) is 22.5 Å². The number of fused-ring (bicyclic) bond motifs is 1. The molecule has 0 aliphatic rings. The summed E-state index contributed by atoms with van der Waals surface area (Å²) in [6.07, 6.45) is 0. The molecule has 8 heteroatoms. The van der Waals surface area contributed by atoms with Gasteiger partial charge in [0.25, 0.3) is 5.91 Å². The van der Waals surface area contributed by atoms with Crippen molar-refractivity contribution in [2.45, 2.75) is 51.3 Å². The molecule has 0 saturated heterocycles. The molecule has 4 rings (SSSR count). The standard InChI is InChI=1S/C25H27ClN4OS2/c1-15(2)32-20-8-6-7-19(14-20)24(31)29(11-12-30-17(4)13-16(3)28-30)25-27-23-18(5)21(26)9-10-22(23)33-25/h6-10,13-15H,11-12H2,1-5H3. The Morgan fingerprint density at radius 3 is 2.67 bits per heavy atom. The molecule has 0 atom stereocenters. The highest BCUT2D eigenvalue weighted by molar-refractivity contribution is 7.99. The lowest BCUT2D eigenvalue weighted by Crippen LogP contribution is -2.34. The molecule has 0 radical (unpaired) electrons. The van der Waals surface area contributed by atoms with Crippen molar-refractivity contribution in [3.8, 4) is 0 Å². The summed E-state index contributed by atoms with van der Waals surface area (Å²) in [6, 6.07) is 13.7. The molecule has 0 spiro atoms. The first kappa shape index (κ1) is 23.8. The van der Waals surface area contributed by atoms with Crippen molar-refractivity contribution in [2.75, 3.05) is 11.4 Å². The molecule has 2 aromatic carbocycles. The average molecular weight is 499 g/mol. The van der Waals surface area contributed by atoms with E-state index in [0.29, 0.717) is 34.1 Å². The fourth-order valence-electron chi connectivity index (χ4n) is 3.71. The Labute approximate surface area is 207 Å². The van der Waals surface area contributed by atoms with Gasteiger partial charge in [-0.1, -0.05) is 42.9 Å². The number of thioether (sulfide) groups is 1. The van der Waals surface area contributed by atoms with E-state index in [4.69, 9.17) is 16.6 Å². The summed E-state index contributed by atoms with van der Waals surface area (Å²) in [5.74, 6) is -0.0643. The smallest absolute Gasteiger partial charge is 0.260 e. The summed E-state index contributed by atoms with van der Waals surface area (Å²) >= 11 is 9.58. The molecule has 0 fully saturated rings. The fraction of sp³-hybridized carbons (Fsp3) is 0.320. The third-order valence-electron chi connectivity index (χ3n) is 5.30. The lowest BCUT2D eigenvalue weighted by molar-refractivity contribution is 0.0985. The number of aromatic nitrogens is 3. The zero-order chi connectivity index (χ0) is 23.7. The topological polar surface area (TPSA) is 51.0 Å². The van der Waals surface area contributed by atoms with Crippen LogP contribution >= 0.6 is 34.7 Å². The lowest BCUT2D eigenvalue weighted by atomic mass is 10.2. The molecule has 33 heavy (non-hydrogen) atoms. The van der Waals surface area contributed by atoms with Crippen LogP contribution in [0.25, 0.3) is 10.2 Å². The molecule has 2 heterocycles. The van der Waals surface area contributed by atoms with Crippen LogP contribution in [0.15, 0.2) is 47.4 Å². The Bertz CT molecular complexity index is 1310. The first-order valence-corrected chi connectivity index (χ1v) is 13.0. The van der Waals surface area contributed by atoms with Crippen molar-refractivity contribution in [3.63, 3.8) is 0 Å². The van der Waals surface area contributed by atoms with E-state index >= 15 is 0 Å². The van der Waals surface area contributed by atoms with E-state index in [9.17, 15) is 4.79 Å². The van der Waals surface area contributed by atoms with E-state index in [1.807, 2.05) is 67.9 Å². The van der Waals surface area contributed by atoms with Crippen LogP contribution in [0.5, 0.6) is 0 Å². The van der Waals surface area contributed by atoms with Crippen LogP contribution in [0.4, 0.5) is 5.13 Å². The van der Waals surface area contributed by atoms with Crippen LogP contribution < -0.4 is 4.90 Å².